The number of aliphatic hydroxyl groups excluding tert-OH is 1. The molecular formula is C22H32N6O3. The molecule has 31 heavy (non-hydrogen) atoms. The van der Waals surface area contributed by atoms with Gasteiger partial charge in [0.15, 0.2) is 0 Å². The number of ether oxygens (including phenoxy) is 1. The Hall–Kier alpha value is -3.04. The predicted molar refractivity (Wildman–Crippen MR) is 119 cm³/mol. The van der Waals surface area contributed by atoms with Crippen LogP contribution < -0.4 is 5.32 Å². The molecule has 0 spiro atoms. The second-order valence-corrected chi connectivity index (χ2v) is 7.50. The predicted octanol–water partition coefficient (Wildman–Crippen LogP) is 2.60. The molecule has 9 nitrogen and oxygen atoms in total. The van der Waals surface area contributed by atoms with Crippen LogP contribution in [-0.2, 0) is 11.8 Å². The van der Waals surface area contributed by atoms with Gasteiger partial charge in [-0.2, -0.15) is 5.10 Å². The van der Waals surface area contributed by atoms with E-state index in [4.69, 9.17) is 5.11 Å². The van der Waals surface area contributed by atoms with Gasteiger partial charge in [-0.3, -0.25) is 14.0 Å². The number of aromatic nitrogens is 5. The molecule has 3 heterocycles. The van der Waals surface area contributed by atoms with Gasteiger partial charge in [-0.25, -0.2) is 9.97 Å². The average molecular weight is 429 g/mol. The van der Waals surface area contributed by atoms with E-state index < -0.39 is 0 Å². The Labute approximate surface area is 183 Å². The molecule has 0 atom stereocenters. The number of nitrogens with zero attached hydrogens (tertiary/aromatic N) is 5. The van der Waals surface area contributed by atoms with Gasteiger partial charge in [-0.05, 0) is 25.0 Å². The highest BCUT2D eigenvalue weighted by atomic mass is 16.5. The quantitative estimate of drug-likeness (QED) is 0.625. The van der Waals surface area contributed by atoms with Crippen LogP contribution in [0.4, 0.5) is 0 Å². The number of methoxy groups -OCH3 is 1. The first-order valence-electron chi connectivity index (χ1n) is 10.5. The monoisotopic (exact) mass is 428 g/mol. The summed E-state index contributed by atoms with van der Waals surface area (Å²) in [6.45, 7) is 0.566. The van der Waals surface area contributed by atoms with E-state index in [-0.39, 0.29) is 20.0 Å². The van der Waals surface area contributed by atoms with Gasteiger partial charge in [0.25, 0.3) is 5.91 Å². The third kappa shape index (κ3) is 6.47. The highest BCUT2D eigenvalue weighted by molar-refractivity contribution is 5.95. The number of rotatable bonds is 6. The van der Waals surface area contributed by atoms with Crippen molar-refractivity contribution >= 4 is 5.91 Å². The van der Waals surface area contributed by atoms with Gasteiger partial charge in [0.2, 0.25) is 0 Å². The van der Waals surface area contributed by atoms with Crippen LogP contribution in [0.15, 0.2) is 43.2 Å². The molecule has 1 aliphatic carbocycles. The van der Waals surface area contributed by atoms with Crippen molar-refractivity contribution in [3.05, 3.63) is 48.8 Å². The number of carbonyl (C=O) groups is 1. The Kier molecular flexibility index (Phi) is 8.31. The summed E-state index contributed by atoms with van der Waals surface area (Å²) in [7, 11) is 3.41. The lowest BCUT2D eigenvalue weighted by atomic mass is 9.95. The van der Waals surface area contributed by atoms with Crippen molar-refractivity contribution in [1.82, 2.24) is 29.6 Å². The summed E-state index contributed by atoms with van der Waals surface area (Å²) in [5.41, 5.74) is 2.20. The maximum absolute atomic E-state index is 12.8. The van der Waals surface area contributed by atoms with E-state index in [1.165, 1.54) is 19.3 Å². The summed E-state index contributed by atoms with van der Waals surface area (Å²) in [5, 5.41) is 15.3. The zero-order valence-corrected chi connectivity index (χ0v) is 18.1. The van der Waals surface area contributed by atoms with E-state index in [9.17, 15) is 4.79 Å². The highest BCUT2D eigenvalue weighted by Gasteiger charge is 2.18. The van der Waals surface area contributed by atoms with E-state index in [1.54, 1.807) is 41.1 Å². The molecule has 3 aromatic heterocycles. The Morgan fingerprint density at radius 2 is 2.13 bits per heavy atom. The fourth-order valence-electron chi connectivity index (χ4n) is 3.48. The van der Waals surface area contributed by atoms with Crippen LogP contribution in [0.2, 0.25) is 0 Å². The summed E-state index contributed by atoms with van der Waals surface area (Å²) in [6, 6.07) is 3.90. The Balaban J connectivity index is 0.000000548. The van der Waals surface area contributed by atoms with Crippen LogP contribution in [0.25, 0.3) is 17.1 Å². The summed E-state index contributed by atoms with van der Waals surface area (Å²) >= 11 is 0. The first-order chi connectivity index (χ1) is 15.1. The molecule has 9 heteroatoms. The van der Waals surface area contributed by atoms with Gasteiger partial charge >= 0.3 is 0 Å². The SMILES string of the molecule is COCCO.Cn1cc(-c2cc(C(=O)NC3CCCCC3)cc(-n3ccnc3)n2)cn1.[HH]. The Bertz CT molecular complexity index is 952. The first kappa shape index (κ1) is 22.6. The second-order valence-electron chi connectivity index (χ2n) is 7.50. The fraction of sp³-hybridized carbons (Fsp3) is 0.455. The van der Waals surface area contributed by atoms with Crippen LogP contribution in [0.1, 0.15) is 43.9 Å². The van der Waals surface area contributed by atoms with Gasteiger partial charge in [0, 0.05) is 51.3 Å². The largest absolute Gasteiger partial charge is 0.394 e. The zero-order chi connectivity index (χ0) is 22.1. The number of aryl methyl sites for hydroxylation is 1. The molecule has 0 aliphatic heterocycles. The van der Waals surface area contributed by atoms with Crippen LogP contribution in [0, 0.1) is 0 Å². The van der Waals surface area contributed by atoms with Crippen molar-refractivity contribution in [2.45, 2.75) is 38.1 Å². The normalized spacial score (nSPS) is 14.0. The number of amides is 1. The van der Waals surface area contributed by atoms with Gasteiger partial charge in [-0.15, -0.1) is 0 Å². The molecule has 0 radical (unpaired) electrons. The summed E-state index contributed by atoms with van der Waals surface area (Å²) in [5.74, 6) is 0.614. The lowest BCUT2D eigenvalue weighted by Crippen LogP contribution is -2.36. The number of nitrogens with one attached hydrogen (secondary N) is 1. The van der Waals surface area contributed by atoms with Crippen LogP contribution in [0.3, 0.4) is 0 Å². The number of hydrogen-bond donors (Lipinski definition) is 2. The Morgan fingerprint density at radius 1 is 1.32 bits per heavy atom. The average Bonchev–Trinajstić information content (AvgIpc) is 3.47. The fourth-order valence-corrected chi connectivity index (χ4v) is 3.48. The van der Waals surface area contributed by atoms with Crippen molar-refractivity contribution in [2.75, 3.05) is 20.3 Å². The molecule has 0 saturated heterocycles. The molecule has 168 valence electrons. The highest BCUT2D eigenvalue weighted by Crippen LogP contribution is 2.22. The molecule has 0 aromatic carbocycles. The number of aliphatic hydroxyl groups is 1. The minimum absolute atomic E-state index is 0. The zero-order valence-electron chi connectivity index (χ0n) is 18.1. The summed E-state index contributed by atoms with van der Waals surface area (Å²) in [4.78, 5) is 21.6. The van der Waals surface area contributed by atoms with Crippen molar-refractivity contribution in [1.29, 1.82) is 0 Å². The molecule has 2 N–H and O–H groups in total. The molecule has 0 bridgehead atoms. The lowest BCUT2D eigenvalue weighted by molar-refractivity contribution is 0.0927. The number of imidazole rings is 1. The lowest BCUT2D eigenvalue weighted by Gasteiger charge is -2.23. The molecule has 1 aliphatic rings. The smallest absolute Gasteiger partial charge is 0.251 e. The summed E-state index contributed by atoms with van der Waals surface area (Å²) in [6.07, 6.45) is 14.6. The standard InChI is InChI=1S/C19H22N6O.C3H8O2.H2/c1-24-12-15(11-21-24)17-9-14(10-18(23-17)25-8-7-20-13-25)19(26)22-16-5-3-2-4-6-16;1-5-3-2-4;/h7-13,16H,2-6H2,1H3,(H,22,26);4H,2-3H2,1H3;1H. The van der Waals surface area contributed by atoms with Gasteiger partial charge in [0.05, 0.1) is 25.1 Å². The molecule has 4 rings (SSSR count). The van der Waals surface area contributed by atoms with Crippen molar-refractivity contribution in [2.24, 2.45) is 7.05 Å². The number of pyridine rings is 1. The minimum atomic E-state index is -0.0502. The topological polar surface area (TPSA) is 107 Å². The molecule has 1 saturated carbocycles. The van der Waals surface area contributed by atoms with E-state index >= 15 is 0 Å². The molecule has 1 fully saturated rings. The van der Waals surface area contributed by atoms with Crippen LogP contribution in [0.5, 0.6) is 0 Å². The van der Waals surface area contributed by atoms with Crippen molar-refractivity contribution < 1.29 is 16.1 Å². The number of hydrogen-bond acceptors (Lipinski definition) is 6. The van der Waals surface area contributed by atoms with E-state index in [0.29, 0.717) is 18.0 Å². The van der Waals surface area contributed by atoms with Crippen molar-refractivity contribution in [3.8, 4) is 17.1 Å². The summed E-state index contributed by atoms with van der Waals surface area (Å²) < 4.78 is 7.97. The first-order valence-corrected chi connectivity index (χ1v) is 10.5. The maximum atomic E-state index is 12.8. The van der Waals surface area contributed by atoms with Gasteiger partial charge in [-0.1, -0.05) is 19.3 Å². The molecule has 1 amide bonds. The number of carbonyl (C=O) groups excluding carboxylic acids is 1. The van der Waals surface area contributed by atoms with E-state index in [0.717, 1.165) is 24.1 Å². The molecule has 3 aromatic rings. The van der Waals surface area contributed by atoms with E-state index in [2.05, 4.69) is 25.1 Å². The third-order valence-corrected chi connectivity index (χ3v) is 5.08. The van der Waals surface area contributed by atoms with Gasteiger partial charge in [0.1, 0.15) is 12.1 Å². The van der Waals surface area contributed by atoms with E-state index in [1.807, 2.05) is 25.5 Å². The van der Waals surface area contributed by atoms with Crippen LogP contribution >= 0.6 is 0 Å². The van der Waals surface area contributed by atoms with Crippen molar-refractivity contribution in [3.63, 3.8) is 0 Å². The molecule has 0 unspecified atom stereocenters. The Morgan fingerprint density at radius 3 is 2.71 bits per heavy atom. The minimum Gasteiger partial charge on any atom is -0.394 e. The molecular weight excluding hydrogens is 396 g/mol. The maximum Gasteiger partial charge on any atom is 0.251 e. The second kappa shape index (κ2) is 11.4. The third-order valence-electron chi connectivity index (χ3n) is 5.08. The van der Waals surface area contributed by atoms with Gasteiger partial charge < -0.3 is 15.2 Å². The van der Waals surface area contributed by atoms with Crippen LogP contribution in [-0.4, -0.2) is 61.7 Å².